The van der Waals surface area contributed by atoms with Gasteiger partial charge in [-0.1, -0.05) is 32.0 Å². The standard InChI is InChI=1S/C13H16N2O/c1-10(2)8-12-13(16)9-15(14-12)11-6-4-3-5-7-11/h3-7,9-10,16H,8H2,1-2H3. The lowest BCUT2D eigenvalue weighted by Gasteiger charge is -2.01. The van der Waals surface area contributed by atoms with Crippen molar-refractivity contribution in [2.45, 2.75) is 20.3 Å². The van der Waals surface area contributed by atoms with Gasteiger partial charge in [-0.15, -0.1) is 0 Å². The number of para-hydroxylation sites is 1. The lowest BCUT2D eigenvalue weighted by atomic mass is 10.1. The lowest BCUT2D eigenvalue weighted by Crippen LogP contribution is -1.98. The van der Waals surface area contributed by atoms with E-state index in [-0.39, 0.29) is 5.75 Å². The molecule has 3 heteroatoms. The molecule has 1 aromatic heterocycles. The molecule has 0 amide bonds. The quantitative estimate of drug-likeness (QED) is 0.856. The Kier molecular flexibility index (Phi) is 2.95. The zero-order valence-corrected chi connectivity index (χ0v) is 9.59. The molecule has 0 bridgehead atoms. The van der Waals surface area contributed by atoms with Crippen LogP contribution in [0.4, 0.5) is 0 Å². The summed E-state index contributed by atoms with van der Waals surface area (Å²) < 4.78 is 1.72. The van der Waals surface area contributed by atoms with Gasteiger partial charge in [-0.05, 0) is 24.5 Å². The van der Waals surface area contributed by atoms with E-state index in [0.29, 0.717) is 5.92 Å². The summed E-state index contributed by atoms with van der Waals surface area (Å²) in [5, 5.41) is 14.1. The highest BCUT2D eigenvalue weighted by Crippen LogP contribution is 2.20. The van der Waals surface area contributed by atoms with Crippen LogP contribution in [0.3, 0.4) is 0 Å². The highest BCUT2D eigenvalue weighted by atomic mass is 16.3. The van der Waals surface area contributed by atoms with E-state index in [1.165, 1.54) is 0 Å². The number of hydrogen-bond donors (Lipinski definition) is 1. The lowest BCUT2D eigenvalue weighted by molar-refractivity contribution is 0.462. The monoisotopic (exact) mass is 216 g/mol. The van der Waals surface area contributed by atoms with Crippen molar-refractivity contribution < 1.29 is 5.11 Å². The third-order valence-corrected chi connectivity index (χ3v) is 2.39. The number of rotatable bonds is 3. The Labute approximate surface area is 95.3 Å². The van der Waals surface area contributed by atoms with Crippen molar-refractivity contribution in [3.8, 4) is 11.4 Å². The summed E-state index contributed by atoms with van der Waals surface area (Å²) in [7, 11) is 0. The van der Waals surface area contributed by atoms with Crippen LogP contribution in [0.2, 0.25) is 0 Å². The molecular formula is C13H16N2O. The summed E-state index contributed by atoms with van der Waals surface area (Å²) in [6.07, 6.45) is 2.46. The molecular weight excluding hydrogens is 200 g/mol. The second-order valence-corrected chi connectivity index (χ2v) is 4.34. The van der Waals surface area contributed by atoms with Crippen LogP contribution in [0, 0.1) is 5.92 Å². The molecule has 0 saturated carbocycles. The highest BCUT2D eigenvalue weighted by Gasteiger charge is 2.10. The van der Waals surface area contributed by atoms with Crippen molar-refractivity contribution in [1.29, 1.82) is 0 Å². The molecule has 0 aliphatic heterocycles. The summed E-state index contributed by atoms with van der Waals surface area (Å²) >= 11 is 0. The molecule has 0 atom stereocenters. The van der Waals surface area contributed by atoms with Gasteiger partial charge in [0.15, 0.2) is 5.75 Å². The molecule has 0 spiro atoms. The first-order chi connectivity index (χ1) is 7.66. The molecule has 16 heavy (non-hydrogen) atoms. The Balaban J connectivity index is 2.31. The third-order valence-electron chi connectivity index (χ3n) is 2.39. The molecule has 1 heterocycles. The SMILES string of the molecule is CC(C)Cc1nn(-c2ccccc2)cc1O. The second kappa shape index (κ2) is 4.39. The number of nitrogens with zero attached hydrogens (tertiary/aromatic N) is 2. The van der Waals surface area contributed by atoms with E-state index in [0.717, 1.165) is 17.8 Å². The van der Waals surface area contributed by atoms with Crippen molar-refractivity contribution in [3.05, 3.63) is 42.2 Å². The predicted octanol–water partition coefficient (Wildman–Crippen LogP) is 2.78. The molecule has 0 aliphatic rings. The maximum absolute atomic E-state index is 9.76. The fourth-order valence-corrected chi connectivity index (χ4v) is 1.65. The topological polar surface area (TPSA) is 38.0 Å². The van der Waals surface area contributed by atoms with Gasteiger partial charge in [-0.25, -0.2) is 4.68 Å². The van der Waals surface area contributed by atoms with Gasteiger partial charge in [0.1, 0.15) is 5.69 Å². The van der Waals surface area contributed by atoms with Crippen LogP contribution in [-0.4, -0.2) is 14.9 Å². The number of hydrogen-bond acceptors (Lipinski definition) is 2. The highest BCUT2D eigenvalue weighted by molar-refractivity contribution is 5.34. The summed E-state index contributed by atoms with van der Waals surface area (Å²) in [6, 6.07) is 9.80. The van der Waals surface area contributed by atoms with Crippen molar-refractivity contribution in [3.63, 3.8) is 0 Å². The van der Waals surface area contributed by atoms with Crippen molar-refractivity contribution in [2.75, 3.05) is 0 Å². The van der Waals surface area contributed by atoms with E-state index in [1.54, 1.807) is 10.9 Å². The van der Waals surface area contributed by atoms with Crippen molar-refractivity contribution in [2.24, 2.45) is 5.92 Å². The van der Waals surface area contributed by atoms with E-state index in [2.05, 4.69) is 18.9 Å². The molecule has 0 saturated heterocycles. The normalized spacial score (nSPS) is 10.9. The van der Waals surface area contributed by atoms with Gasteiger partial charge >= 0.3 is 0 Å². The molecule has 2 aromatic rings. The Bertz CT molecular complexity index is 460. The van der Waals surface area contributed by atoms with Crippen LogP contribution in [0.25, 0.3) is 5.69 Å². The summed E-state index contributed by atoms with van der Waals surface area (Å²) in [6.45, 7) is 4.22. The molecule has 0 aliphatic carbocycles. The maximum atomic E-state index is 9.76. The molecule has 2 rings (SSSR count). The average Bonchev–Trinajstić information content (AvgIpc) is 2.61. The molecule has 0 unspecified atom stereocenters. The zero-order chi connectivity index (χ0) is 11.5. The fraction of sp³-hybridized carbons (Fsp3) is 0.308. The van der Waals surface area contributed by atoms with E-state index < -0.39 is 0 Å². The van der Waals surface area contributed by atoms with Gasteiger partial charge in [0.2, 0.25) is 0 Å². The molecule has 1 N–H and O–H groups in total. The Hall–Kier alpha value is -1.77. The summed E-state index contributed by atoms with van der Waals surface area (Å²) in [5.74, 6) is 0.766. The largest absolute Gasteiger partial charge is 0.504 e. The second-order valence-electron chi connectivity index (χ2n) is 4.34. The van der Waals surface area contributed by atoms with Crippen LogP contribution < -0.4 is 0 Å². The van der Waals surface area contributed by atoms with Gasteiger partial charge < -0.3 is 5.11 Å². The van der Waals surface area contributed by atoms with Gasteiger partial charge in [0, 0.05) is 0 Å². The smallest absolute Gasteiger partial charge is 0.157 e. The Morgan fingerprint density at radius 3 is 2.56 bits per heavy atom. The van der Waals surface area contributed by atoms with E-state index >= 15 is 0 Å². The maximum Gasteiger partial charge on any atom is 0.157 e. The first-order valence-electron chi connectivity index (χ1n) is 5.49. The molecule has 1 aromatic carbocycles. The molecule has 0 fully saturated rings. The van der Waals surface area contributed by atoms with Crippen LogP contribution in [-0.2, 0) is 6.42 Å². The predicted molar refractivity (Wildman–Crippen MR) is 63.8 cm³/mol. The van der Waals surface area contributed by atoms with Gasteiger partial charge in [-0.2, -0.15) is 5.10 Å². The van der Waals surface area contributed by atoms with Crippen molar-refractivity contribution in [1.82, 2.24) is 9.78 Å². The van der Waals surface area contributed by atoms with Crippen LogP contribution in [0.5, 0.6) is 5.75 Å². The molecule has 84 valence electrons. The first kappa shape index (κ1) is 10.7. The van der Waals surface area contributed by atoms with Crippen LogP contribution >= 0.6 is 0 Å². The Morgan fingerprint density at radius 2 is 1.94 bits per heavy atom. The minimum atomic E-state index is 0.276. The first-order valence-corrected chi connectivity index (χ1v) is 5.49. The fourth-order valence-electron chi connectivity index (χ4n) is 1.65. The number of aromatic hydroxyl groups is 1. The van der Waals surface area contributed by atoms with E-state index in [1.807, 2.05) is 30.3 Å². The van der Waals surface area contributed by atoms with E-state index in [4.69, 9.17) is 0 Å². The summed E-state index contributed by atoms with van der Waals surface area (Å²) in [5.41, 5.74) is 1.73. The minimum absolute atomic E-state index is 0.276. The minimum Gasteiger partial charge on any atom is -0.504 e. The van der Waals surface area contributed by atoms with Gasteiger partial charge in [0.05, 0.1) is 11.9 Å². The van der Waals surface area contributed by atoms with Crippen molar-refractivity contribution >= 4 is 0 Å². The number of benzene rings is 1. The third kappa shape index (κ3) is 2.24. The van der Waals surface area contributed by atoms with Gasteiger partial charge in [-0.3, -0.25) is 0 Å². The number of aromatic nitrogens is 2. The zero-order valence-electron chi connectivity index (χ0n) is 9.59. The summed E-state index contributed by atoms with van der Waals surface area (Å²) in [4.78, 5) is 0. The van der Waals surface area contributed by atoms with Crippen LogP contribution in [0.15, 0.2) is 36.5 Å². The van der Waals surface area contributed by atoms with Gasteiger partial charge in [0.25, 0.3) is 0 Å². The average molecular weight is 216 g/mol. The van der Waals surface area contributed by atoms with Crippen LogP contribution in [0.1, 0.15) is 19.5 Å². The molecule has 0 radical (unpaired) electrons. The molecule has 3 nitrogen and oxygen atoms in total. The van der Waals surface area contributed by atoms with E-state index in [9.17, 15) is 5.11 Å². The Morgan fingerprint density at radius 1 is 1.25 bits per heavy atom.